The number of unbranched alkanes of at least 4 members (excludes halogenated alkanes) is 1. The Bertz CT molecular complexity index is 533. The summed E-state index contributed by atoms with van der Waals surface area (Å²) in [5, 5.41) is 7.46. The lowest BCUT2D eigenvalue weighted by Gasteiger charge is -2.34. The molecule has 2 amide bonds. The highest BCUT2D eigenvalue weighted by atomic mass is 16.2. The van der Waals surface area contributed by atoms with Crippen LogP contribution in [0.4, 0.5) is 0 Å². The van der Waals surface area contributed by atoms with E-state index in [1.807, 2.05) is 4.90 Å². The lowest BCUT2D eigenvalue weighted by Crippen LogP contribution is -2.55. The summed E-state index contributed by atoms with van der Waals surface area (Å²) in [5.74, 6) is 1.02. The summed E-state index contributed by atoms with van der Waals surface area (Å²) in [7, 11) is 1.62. The maximum absolute atomic E-state index is 13.0. The van der Waals surface area contributed by atoms with Crippen molar-refractivity contribution in [2.45, 2.75) is 89.5 Å². The van der Waals surface area contributed by atoms with Gasteiger partial charge in [-0.25, -0.2) is 0 Å². The van der Waals surface area contributed by atoms with Gasteiger partial charge in [0, 0.05) is 26.6 Å². The zero-order valence-corrected chi connectivity index (χ0v) is 17.9. The van der Waals surface area contributed by atoms with Gasteiger partial charge >= 0.3 is 0 Å². The molecule has 1 aliphatic carbocycles. The van der Waals surface area contributed by atoms with Gasteiger partial charge in [0.25, 0.3) is 0 Å². The molecule has 2 atom stereocenters. The first-order valence-electron chi connectivity index (χ1n) is 11.2. The smallest absolute Gasteiger partial charge is 0.247 e. The van der Waals surface area contributed by atoms with Crippen molar-refractivity contribution in [2.75, 3.05) is 20.1 Å². The predicted octanol–water partition coefficient (Wildman–Crippen LogP) is 3.54. The van der Waals surface area contributed by atoms with Crippen molar-refractivity contribution >= 4 is 18.2 Å². The van der Waals surface area contributed by atoms with E-state index in [1.54, 1.807) is 7.05 Å². The number of likely N-dealkylation sites (tertiary alicyclic amines) is 1. The molecular weight excluding hydrogens is 352 g/mol. The fourth-order valence-corrected chi connectivity index (χ4v) is 4.87. The van der Waals surface area contributed by atoms with Crippen LogP contribution >= 0.6 is 0 Å². The third-order valence-electron chi connectivity index (χ3n) is 6.70. The number of hydrogen-bond acceptors (Lipinski definition) is 4. The summed E-state index contributed by atoms with van der Waals surface area (Å²) in [6.07, 6.45) is 13.2. The number of likely N-dealkylation sites (N-methyl/N-ethyl adjacent to an activating group) is 1. The molecule has 0 spiro atoms. The summed E-state index contributed by atoms with van der Waals surface area (Å²) >= 11 is 0. The van der Waals surface area contributed by atoms with Crippen molar-refractivity contribution in [2.24, 2.45) is 17.6 Å². The molecule has 0 aromatic heterocycles. The minimum Gasteiger partial charge on any atom is -0.342 e. The molecule has 6 heteroatoms. The third-order valence-corrected chi connectivity index (χ3v) is 6.70. The number of carbonyl (C=O) groups excluding carboxylic acids is 2. The number of nitrogens with one attached hydrogen (secondary N) is 1. The van der Waals surface area contributed by atoms with E-state index in [-0.39, 0.29) is 17.7 Å². The number of nitrogens with zero attached hydrogens (tertiary/aromatic N) is 2. The molecule has 1 aliphatic heterocycles. The highest BCUT2D eigenvalue weighted by Gasteiger charge is 2.40. The molecule has 1 saturated carbocycles. The van der Waals surface area contributed by atoms with Crippen LogP contribution in [0.5, 0.6) is 0 Å². The molecule has 1 heterocycles. The van der Waals surface area contributed by atoms with Gasteiger partial charge in [-0.05, 0) is 43.9 Å². The number of carbonyl (C=O) groups is 2. The van der Waals surface area contributed by atoms with E-state index < -0.39 is 5.54 Å². The maximum Gasteiger partial charge on any atom is 0.247 e. The average molecular weight is 393 g/mol. The first-order valence-corrected chi connectivity index (χ1v) is 11.2. The molecule has 28 heavy (non-hydrogen) atoms. The fraction of sp³-hybridized carbons (Fsp3) is 0.864. The second-order valence-corrected chi connectivity index (χ2v) is 9.05. The predicted molar refractivity (Wildman–Crippen MR) is 113 cm³/mol. The van der Waals surface area contributed by atoms with Crippen molar-refractivity contribution in [1.82, 2.24) is 9.80 Å². The monoisotopic (exact) mass is 392 g/mol. The number of hydrogen-bond donors (Lipinski definition) is 2. The lowest BCUT2D eigenvalue weighted by molar-refractivity contribution is -0.133. The Labute approximate surface area is 170 Å². The first kappa shape index (κ1) is 22.9. The Kier molecular flexibility index (Phi) is 8.93. The molecule has 2 rings (SSSR count). The van der Waals surface area contributed by atoms with Crippen molar-refractivity contribution in [3.63, 3.8) is 0 Å². The quantitative estimate of drug-likeness (QED) is 0.440. The molecule has 2 aliphatic rings. The van der Waals surface area contributed by atoms with Crippen molar-refractivity contribution in [1.29, 1.82) is 5.41 Å². The summed E-state index contributed by atoms with van der Waals surface area (Å²) in [5.41, 5.74) is 5.79. The van der Waals surface area contributed by atoms with Crippen molar-refractivity contribution in [3.05, 3.63) is 0 Å². The van der Waals surface area contributed by atoms with Gasteiger partial charge in [-0.2, -0.15) is 0 Å². The van der Waals surface area contributed by atoms with Crippen LogP contribution < -0.4 is 5.73 Å². The highest BCUT2D eigenvalue weighted by Crippen LogP contribution is 2.33. The number of nitrogens with two attached hydrogens (primary N) is 1. The van der Waals surface area contributed by atoms with Crippen LogP contribution in [0.1, 0.15) is 84.0 Å². The van der Waals surface area contributed by atoms with Gasteiger partial charge in [0.15, 0.2) is 0 Å². The topological polar surface area (TPSA) is 90.5 Å². The second kappa shape index (κ2) is 10.9. The van der Waals surface area contributed by atoms with Crippen LogP contribution in [-0.2, 0) is 9.59 Å². The summed E-state index contributed by atoms with van der Waals surface area (Å²) in [6, 6.07) is 0. The van der Waals surface area contributed by atoms with Crippen molar-refractivity contribution in [3.8, 4) is 0 Å². The van der Waals surface area contributed by atoms with Gasteiger partial charge in [0.05, 0.1) is 11.9 Å². The largest absolute Gasteiger partial charge is 0.342 e. The molecular formula is C22H40N4O2. The minimum atomic E-state index is -0.934. The first-order chi connectivity index (χ1) is 13.4. The number of amides is 2. The molecule has 0 aromatic carbocycles. The lowest BCUT2D eigenvalue weighted by atomic mass is 9.78. The van der Waals surface area contributed by atoms with E-state index in [2.05, 4.69) is 6.92 Å². The summed E-state index contributed by atoms with van der Waals surface area (Å²) in [4.78, 5) is 28.6. The molecule has 0 aromatic rings. The van der Waals surface area contributed by atoms with Gasteiger partial charge < -0.3 is 15.5 Å². The SMILES string of the molecule is CCCCC(=O)N1CC[C@H](C[C@@](N)(CCC2CCCCC2)C(=O)N(C)C=N)C1. The fourth-order valence-electron chi connectivity index (χ4n) is 4.87. The molecule has 0 unspecified atom stereocenters. The Morgan fingerprint density at radius 1 is 1.21 bits per heavy atom. The normalized spacial score (nSPS) is 22.7. The molecule has 1 saturated heterocycles. The van der Waals surface area contributed by atoms with E-state index in [0.717, 1.165) is 38.6 Å². The van der Waals surface area contributed by atoms with E-state index >= 15 is 0 Å². The van der Waals surface area contributed by atoms with Crippen LogP contribution in [-0.4, -0.2) is 53.6 Å². The minimum absolute atomic E-state index is 0.158. The third kappa shape index (κ3) is 6.29. The van der Waals surface area contributed by atoms with E-state index in [4.69, 9.17) is 11.1 Å². The van der Waals surface area contributed by atoms with Crippen LogP contribution in [0.3, 0.4) is 0 Å². The molecule has 3 N–H and O–H groups in total. The van der Waals surface area contributed by atoms with Gasteiger partial charge in [0.1, 0.15) is 0 Å². The molecule has 2 fully saturated rings. The summed E-state index contributed by atoms with van der Waals surface area (Å²) in [6.45, 7) is 3.59. The zero-order chi connectivity index (χ0) is 20.6. The molecule has 6 nitrogen and oxygen atoms in total. The Hall–Kier alpha value is -1.43. The zero-order valence-electron chi connectivity index (χ0n) is 17.9. The van der Waals surface area contributed by atoms with Crippen LogP contribution in [0.15, 0.2) is 0 Å². The van der Waals surface area contributed by atoms with Crippen molar-refractivity contribution < 1.29 is 9.59 Å². The second-order valence-electron chi connectivity index (χ2n) is 9.05. The molecule has 160 valence electrons. The molecule has 0 radical (unpaired) electrons. The van der Waals surface area contributed by atoms with E-state index in [0.29, 0.717) is 31.7 Å². The Morgan fingerprint density at radius 3 is 2.57 bits per heavy atom. The molecule has 0 bridgehead atoms. The van der Waals surface area contributed by atoms with Crippen LogP contribution in [0.2, 0.25) is 0 Å². The van der Waals surface area contributed by atoms with Gasteiger partial charge in [0.2, 0.25) is 11.8 Å². The maximum atomic E-state index is 13.0. The van der Waals surface area contributed by atoms with E-state index in [1.165, 1.54) is 37.0 Å². The standard InChI is InChI=1S/C22H40N4O2/c1-3-4-10-20(27)26-14-12-19(16-26)15-22(24,21(28)25(2)17-23)13-11-18-8-6-5-7-9-18/h17-19,23H,3-16,24H2,1-2H3/t19-,22+/m1/s1. The highest BCUT2D eigenvalue weighted by molar-refractivity contribution is 5.93. The van der Waals surface area contributed by atoms with Gasteiger partial charge in [-0.15, -0.1) is 0 Å². The van der Waals surface area contributed by atoms with Crippen LogP contribution in [0.25, 0.3) is 0 Å². The Balaban J connectivity index is 1.97. The summed E-state index contributed by atoms with van der Waals surface area (Å²) < 4.78 is 0. The number of rotatable bonds is 10. The Morgan fingerprint density at radius 2 is 1.93 bits per heavy atom. The van der Waals surface area contributed by atoms with Gasteiger partial charge in [-0.3, -0.25) is 15.0 Å². The van der Waals surface area contributed by atoms with Gasteiger partial charge in [-0.1, -0.05) is 45.4 Å². The average Bonchev–Trinajstić information content (AvgIpc) is 3.18. The van der Waals surface area contributed by atoms with E-state index in [9.17, 15) is 9.59 Å². The van der Waals surface area contributed by atoms with Crippen LogP contribution in [0, 0.1) is 17.2 Å².